The third-order valence-electron chi connectivity index (χ3n) is 3.33. The van der Waals surface area contributed by atoms with E-state index in [0.29, 0.717) is 22.7 Å². The van der Waals surface area contributed by atoms with Gasteiger partial charge in [0.1, 0.15) is 11.5 Å². The lowest BCUT2D eigenvalue weighted by atomic mass is 10.2. The lowest BCUT2D eigenvalue weighted by Crippen LogP contribution is -2.12. The molecule has 22 heavy (non-hydrogen) atoms. The zero-order valence-corrected chi connectivity index (χ0v) is 12.2. The van der Waals surface area contributed by atoms with Gasteiger partial charge in [-0.05, 0) is 24.3 Å². The molecule has 0 bridgehead atoms. The Balaban J connectivity index is 1.94. The molecular weight excluding hydrogens is 282 g/mol. The predicted octanol–water partition coefficient (Wildman–Crippen LogP) is 2.60. The summed E-state index contributed by atoms with van der Waals surface area (Å²) in [5.41, 5.74) is 1.77. The third-order valence-corrected chi connectivity index (χ3v) is 3.33. The molecule has 1 N–H and O–H groups in total. The summed E-state index contributed by atoms with van der Waals surface area (Å²) in [6, 6.07) is 10.8. The predicted molar refractivity (Wildman–Crippen MR) is 82.7 cm³/mol. The Hall–Kier alpha value is -3.02. The second-order valence-electron chi connectivity index (χ2n) is 4.61. The van der Waals surface area contributed by atoms with Gasteiger partial charge in [-0.1, -0.05) is 6.07 Å². The van der Waals surface area contributed by atoms with Crippen molar-refractivity contribution < 1.29 is 14.3 Å². The first-order chi connectivity index (χ1) is 10.7. The summed E-state index contributed by atoms with van der Waals surface area (Å²) >= 11 is 0. The molecule has 0 radical (unpaired) electrons. The highest BCUT2D eigenvalue weighted by Crippen LogP contribution is 2.29. The fourth-order valence-corrected chi connectivity index (χ4v) is 2.21. The van der Waals surface area contributed by atoms with Crippen LogP contribution in [0.2, 0.25) is 0 Å². The first kappa shape index (κ1) is 13.9. The van der Waals surface area contributed by atoms with Gasteiger partial charge in [0, 0.05) is 12.3 Å². The van der Waals surface area contributed by atoms with Crippen molar-refractivity contribution in [3.8, 4) is 11.5 Å². The van der Waals surface area contributed by atoms with Gasteiger partial charge in [0.05, 0.1) is 37.2 Å². The highest BCUT2D eigenvalue weighted by atomic mass is 16.5. The topological polar surface area (TPSA) is 64.9 Å². The van der Waals surface area contributed by atoms with Crippen molar-refractivity contribution in [1.29, 1.82) is 0 Å². The van der Waals surface area contributed by atoms with Crippen LogP contribution in [0.3, 0.4) is 0 Å². The van der Waals surface area contributed by atoms with Gasteiger partial charge < -0.3 is 14.8 Å². The molecule has 0 aliphatic rings. The van der Waals surface area contributed by atoms with Crippen molar-refractivity contribution in [1.82, 2.24) is 9.61 Å². The molecular formula is C16H15N3O3. The van der Waals surface area contributed by atoms with Crippen molar-refractivity contribution in [2.75, 3.05) is 19.5 Å². The van der Waals surface area contributed by atoms with E-state index < -0.39 is 0 Å². The zero-order valence-electron chi connectivity index (χ0n) is 12.2. The number of carbonyl (C=O) groups is 1. The van der Waals surface area contributed by atoms with E-state index in [1.807, 2.05) is 18.2 Å². The van der Waals surface area contributed by atoms with E-state index >= 15 is 0 Å². The van der Waals surface area contributed by atoms with Crippen molar-refractivity contribution in [2.45, 2.75) is 0 Å². The molecule has 3 aromatic rings. The molecule has 6 heteroatoms. The molecule has 0 aliphatic carbocycles. The molecule has 3 rings (SSSR count). The molecule has 0 aliphatic heterocycles. The van der Waals surface area contributed by atoms with Gasteiger partial charge in [0.15, 0.2) is 0 Å². The van der Waals surface area contributed by atoms with E-state index in [1.165, 1.54) is 6.20 Å². The first-order valence-electron chi connectivity index (χ1n) is 6.68. The van der Waals surface area contributed by atoms with E-state index in [1.54, 1.807) is 43.1 Å². The van der Waals surface area contributed by atoms with Crippen LogP contribution < -0.4 is 14.8 Å². The molecule has 0 unspecified atom stereocenters. The molecule has 0 spiro atoms. The number of pyridine rings is 1. The summed E-state index contributed by atoms with van der Waals surface area (Å²) in [4.78, 5) is 12.5. The Morgan fingerprint density at radius 1 is 1.18 bits per heavy atom. The molecule has 2 heterocycles. The number of carbonyl (C=O) groups excluding carboxylic acids is 1. The average Bonchev–Trinajstić information content (AvgIpc) is 2.99. The number of nitrogens with one attached hydrogen (secondary N) is 1. The highest BCUT2D eigenvalue weighted by molar-refractivity contribution is 6.09. The van der Waals surface area contributed by atoms with Crippen LogP contribution in [0.5, 0.6) is 11.5 Å². The van der Waals surface area contributed by atoms with Crippen LogP contribution in [0, 0.1) is 0 Å². The lowest BCUT2D eigenvalue weighted by molar-refractivity contribution is 0.102. The van der Waals surface area contributed by atoms with Crippen molar-refractivity contribution in [3.05, 3.63) is 54.4 Å². The van der Waals surface area contributed by atoms with E-state index in [0.717, 1.165) is 5.52 Å². The highest BCUT2D eigenvalue weighted by Gasteiger charge is 2.15. The third kappa shape index (κ3) is 2.46. The minimum atomic E-state index is -0.257. The van der Waals surface area contributed by atoms with Crippen LogP contribution in [0.15, 0.2) is 48.8 Å². The number of rotatable bonds is 4. The van der Waals surface area contributed by atoms with Crippen LogP contribution in [0.1, 0.15) is 10.4 Å². The van der Waals surface area contributed by atoms with Gasteiger partial charge in [-0.15, -0.1) is 0 Å². The normalized spacial score (nSPS) is 10.5. The van der Waals surface area contributed by atoms with Gasteiger partial charge in [-0.25, -0.2) is 4.52 Å². The number of methoxy groups -OCH3 is 2. The Labute approximate surface area is 127 Å². The largest absolute Gasteiger partial charge is 0.497 e. The summed E-state index contributed by atoms with van der Waals surface area (Å²) in [6.07, 6.45) is 3.33. The number of hydrogen-bond donors (Lipinski definition) is 1. The van der Waals surface area contributed by atoms with E-state index in [9.17, 15) is 4.79 Å². The Morgan fingerprint density at radius 2 is 2.05 bits per heavy atom. The smallest absolute Gasteiger partial charge is 0.259 e. The Kier molecular flexibility index (Phi) is 3.65. The number of fused-ring (bicyclic) bond motifs is 1. The zero-order chi connectivity index (χ0) is 15.5. The van der Waals surface area contributed by atoms with E-state index in [4.69, 9.17) is 9.47 Å². The lowest BCUT2D eigenvalue weighted by Gasteiger charge is -2.11. The van der Waals surface area contributed by atoms with Gasteiger partial charge in [-0.2, -0.15) is 5.10 Å². The van der Waals surface area contributed by atoms with Gasteiger partial charge >= 0.3 is 0 Å². The Morgan fingerprint density at radius 3 is 2.82 bits per heavy atom. The minimum absolute atomic E-state index is 0.257. The number of nitrogens with zero attached hydrogens (tertiary/aromatic N) is 2. The standard InChI is InChI=1S/C16H15N3O3/c1-21-11-6-7-15(22-2)13(9-11)18-16(20)12-10-17-19-8-4-3-5-14(12)19/h3-10H,1-2H3,(H,18,20). The second-order valence-corrected chi connectivity index (χ2v) is 4.61. The van der Waals surface area contributed by atoms with Crippen LogP contribution in [0.25, 0.3) is 5.52 Å². The number of anilines is 1. The molecule has 0 atom stereocenters. The van der Waals surface area contributed by atoms with Gasteiger partial charge in [-0.3, -0.25) is 4.79 Å². The maximum Gasteiger partial charge on any atom is 0.259 e. The SMILES string of the molecule is COc1ccc(OC)c(NC(=O)c2cnn3ccccc23)c1. The average molecular weight is 297 g/mol. The molecule has 1 amide bonds. The molecule has 2 aromatic heterocycles. The number of amides is 1. The van der Waals surface area contributed by atoms with E-state index in [2.05, 4.69) is 10.4 Å². The quantitative estimate of drug-likeness (QED) is 0.804. The fraction of sp³-hybridized carbons (Fsp3) is 0.125. The summed E-state index contributed by atoms with van der Waals surface area (Å²) in [6.45, 7) is 0. The maximum atomic E-state index is 12.5. The number of hydrogen-bond acceptors (Lipinski definition) is 4. The second kappa shape index (κ2) is 5.77. The van der Waals surface area contributed by atoms with Crippen molar-refractivity contribution in [3.63, 3.8) is 0 Å². The first-order valence-corrected chi connectivity index (χ1v) is 6.68. The van der Waals surface area contributed by atoms with Gasteiger partial charge in [0.2, 0.25) is 0 Å². The Bertz CT molecular complexity index is 826. The minimum Gasteiger partial charge on any atom is -0.497 e. The van der Waals surface area contributed by atoms with Crippen molar-refractivity contribution in [2.24, 2.45) is 0 Å². The van der Waals surface area contributed by atoms with E-state index in [-0.39, 0.29) is 5.91 Å². The summed E-state index contributed by atoms with van der Waals surface area (Å²) in [5, 5.41) is 6.99. The van der Waals surface area contributed by atoms with Crippen LogP contribution in [-0.4, -0.2) is 29.7 Å². The molecule has 112 valence electrons. The maximum absolute atomic E-state index is 12.5. The number of benzene rings is 1. The van der Waals surface area contributed by atoms with Crippen molar-refractivity contribution >= 4 is 17.1 Å². The van der Waals surface area contributed by atoms with Crippen LogP contribution in [0.4, 0.5) is 5.69 Å². The molecule has 1 aromatic carbocycles. The van der Waals surface area contributed by atoms with Crippen LogP contribution >= 0.6 is 0 Å². The van der Waals surface area contributed by atoms with Crippen LogP contribution in [-0.2, 0) is 0 Å². The molecule has 0 saturated heterocycles. The molecule has 0 fully saturated rings. The fourth-order valence-electron chi connectivity index (χ4n) is 2.21. The number of aromatic nitrogens is 2. The van der Waals surface area contributed by atoms with Gasteiger partial charge in [0.25, 0.3) is 5.91 Å². The summed E-state index contributed by atoms with van der Waals surface area (Å²) in [5.74, 6) is 0.939. The number of ether oxygens (including phenoxy) is 2. The molecule has 6 nitrogen and oxygen atoms in total. The molecule has 0 saturated carbocycles. The summed E-state index contributed by atoms with van der Waals surface area (Å²) in [7, 11) is 3.12. The monoisotopic (exact) mass is 297 g/mol. The summed E-state index contributed by atoms with van der Waals surface area (Å²) < 4.78 is 12.1.